The zero-order valence-corrected chi connectivity index (χ0v) is 8.34. The zero-order chi connectivity index (χ0) is 11.7. The molecule has 0 spiro atoms. The van der Waals surface area contributed by atoms with Crippen LogP contribution in [0.3, 0.4) is 0 Å². The maximum Gasteiger partial charge on any atom is 0.167 e. The summed E-state index contributed by atoms with van der Waals surface area (Å²) in [4.78, 5) is 10.9. The SMILES string of the molecule is C=Cc1ccc2ccc(F)c(F)c2c1C=O. The maximum atomic E-state index is 13.6. The molecule has 3 heteroatoms. The van der Waals surface area contributed by atoms with Gasteiger partial charge in [-0.3, -0.25) is 4.79 Å². The third kappa shape index (κ3) is 1.41. The van der Waals surface area contributed by atoms with Crippen molar-refractivity contribution in [2.24, 2.45) is 0 Å². The lowest BCUT2D eigenvalue weighted by Crippen LogP contribution is -1.94. The van der Waals surface area contributed by atoms with Crippen molar-refractivity contribution < 1.29 is 13.6 Å². The molecule has 2 aromatic carbocycles. The molecule has 16 heavy (non-hydrogen) atoms. The van der Waals surface area contributed by atoms with Gasteiger partial charge in [-0.15, -0.1) is 0 Å². The maximum absolute atomic E-state index is 13.6. The highest BCUT2D eigenvalue weighted by atomic mass is 19.2. The van der Waals surface area contributed by atoms with Gasteiger partial charge in [-0.05, 0) is 17.0 Å². The van der Waals surface area contributed by atoms with Crippen molar-refractivity contribution in [3.05, 3.63) is 53.6 Å². The van der Waals surface area contributed by atoms with Gasteiger partial charge in [0.1, 0.15) is 0 Å². The van der Waals surface area contributed by atoms with Crippen LogP contribution in [0.5, 0.6) is 0 Å². The Labute approximate surface area is 91.0 Å². The Bertz CT molecular complexity index is 588. The van der Waals surface area contributed by atoms with Crippen LogP contribution in [0.25, 0.3) is 16.8 Å². The molecule has 0 saturated carbocycles. The second-order valence-corrected chi connectivity index (χ2v) is 3.35. The molecule has 0 unspecified atom stereocenters. The van der Waals surface area contributed by atoms with Crippen molar-refractivity contribution in [2.45, 2.75) is 0 Å². The van der Waals surface area contributed by atoms with Gasteiger partial charge in [0.2, 0.25) is 0 Å². The van der Waals surface area contributed by atoms with Gasteiger partial charge in [-0.1, -0.05) is 30.9 Å². The molecule has 0 amide bonds. The van der Waals surface area contributed by atoms with Gasteiger partial charge >= 0.3 is 0 Å². The average Bonchev–Trinajstić information content (AvgIpc) is 2.32. The Morgan fingerprint density at radius 2 is 1.81 bits per heavy atom. The lowest BCUT2D eigenvalue weighted by Gasteiger charge is -2.06. The first kappa shape index (κ1) is 10.5. The van der Waals surface area contributed by atoms with E-state index in [9.17, 15) is 13.6 Å². The number of hydrogen-bond acceptors (Lipinski definition) is 1. The number of carbonyl (C=O) groups is 1. The molecule has 0 saturated heterocycles. The summed E-state index contributed by atoms with van der Waals surface area (Å²) in [6.45, 7) is 3.52. The predicted molar refractivity (Wildman–Crippen MR) is 59.3 cm³/mol. The number of rotatable bonds is 2. The third-order valence-corrected chi connectivity index (χ3v) is 2.49. The van der Waals surface area contributed by atoms with Gasteiger partial charge in [0, 0.05) is 10.9 Å². The molecule has 0 aliphatic carbocycles. The number of benzene rings is 2. The Morgan fingerprint density at radius 3 is 2.44 bits per heavy atom. The number of hydrogen-bond donors (Lipinski definition) is 0. The molecule has 0 heterocycles. The molecule has 0 fully saturated rings. The van der Waals surface area contributed by atoms with Crippen molar-refractivity contribution in [3.8, 4) is 0 Å². The summed E-state index contributed by atoms with van der Waals surface area (Å²) in [5.41, 5.74) is 0.622. The topological polar surface area (TPSA) is 17.1 Å². The van der Waals surface area contributed by atoms with Gasteiger partial charge in [0.25, 0.3) is 0 Å². The molecule has 0 aliphatic heterocycles. The summed E-state index contributed by atoms with van der Waals surface area (Å²) in [7, 11) is 0. The molecule has 0 radical (unpaired) electrons. The molecule has 0 N–H and O–H groups in total. The lowest BCUT2D eigenvalue weighted by atomic mass is 9.99. The minimum atomic E-state index is -0.997. The number of halogens is 2. The van der Waals surface area contributed by atoms with E-state index < -0.39 is 11.6 Å². The van der Waals surface area contributed by atoms with E-state index in [1.54, 1.807) is 12.1 Å². The van der Waals surface area contributed by atoms with Crippen molar-refractivity contribution in [3.63, 3.8) is 0 Å². The minimum absolute atomic E-state index is 0.00685. The Kier molecular flexibility index (Phi) is 2.52. The molecular weight excluding hydrogens is 210 g/mol. The number of carbonyl (C=O) groups excluding carboxylic acids is 1. The smallest absolute Gasteiger partial charge is 0.167 e. The van der Waals surface area contributed by atoms with E-state index in [4.69, 9.17) is 0 Å². The van der Waals surface area contributed by atoms with Crippen LogP contribution in [0.4, 0.5) is 8.78 Å². The third-order valence-electron chi connectivity index (χ3n) is 2.49. The minimum Gasteiger partial charge on any atom is -0.298 e. The molecule has 80 valence electrons. The molecule has 2 aromatic rings. The van der Waals surface area contributed by atoms with Gasteiger partial charge in [-0.25, -0.2) is 8.78 Å². The quantitative estimate of drug-likeness (QED) is 0.704. The Hall–Kier alpha value is -2.03. The molecule has 0 aromatic heterocycles. The van der Waals surface area contributed by atoms with Gasteiger partial charge in [-0.2, -0.15) is 0 Å². The summed E-state index contributed by atoms with van der Waals surface area (Å²) in [6.07, 6.45) is 1.95. The van der Waals surface area contributed by atoms with Crippen molar-refractivity contribution in [2.75, 3.05) is 0 Å². The molecule has 0 atom stereocenters. The van der Waals surface area contributed by atoms with Crippen LogP contribution in [-0.2, 0) is 0 Å². The fourth-order valence-corrected chi connectivity index (χ4v) is 1.70. The van der Waals surface area contributed by atoms with E-state index in [0.717, 1.165) is 6.07 Å². The molecular formula is C13H8F2O. The summed E-state index contributed by atoms with van der Waals surface area (Å²) in [5.74, 6) is -1.96. The van der Waals surface area contributed by atoms with Crippen LogP contribution in [0.2, 0.25) is 0 Å². The van der Waals surface area contributed by atoms with E-state index in [1.807, 2.05) is 0 Å². The second-order valence-electron chi connectivity index (χ2n) is 3.35. The summed E-state index contributed by atoms with van der Waals surface area (Å²) < 4.78 is 26.7. The van der Waals surface area contributed by atoms with Gasteiger partial charge < -0.3 is 0 Å². The van der Waals surface area contributed by atoms with Crippen LogP contribution >= 0.6 is 0 Å². The first-order chi connectivity index (χ1) is 7.69. The molecule has 0 bridgehead atoms. The number of aldehydes is 1. The fourth-order valence-electron chi connectivity index (χ4n) is 1.70. The zero-order valence-electron chi connectivity index (χ0n) is 8.34. The van der Waals surface area contributed by atoms with E-state index in [1.165, 1.54) is 12.1 Å². The normalized spacial score (nSPS) is 10.4. The molecule has 2 rings (SSSR count). The van der Waals surface area contributed by atoms with E-state index in [2.05, 4.69) is 6.58 Å². The Morgan fingerprint density at radius 1 is 1.12 bits per heavy atom. The van der Waals surface area contributed by atoms with Gasteiger partial charge in [0.15, 0.2) is 17.9 Å². The predicted octanol–water partition coefficient (Wildman–Crippen LogP) is 3.57. The first-order valence-electron chi connectivity index (χ1n) is 4.67. The lowest BCUT2D eigenvalue weighted by molar-refractivity contribution is 0.112. The fraction of sp³-hybridized carbons (Fsp3) is 0. The van der Waals surface area contributed by atoms with Crippen molar-refractivity contribution in [1.82, 2.24) is 0 Å². The second kappa shape index (κ2) is 3.85. The van der Waals surface area contributed by atoms with Gasteiger partial charge in [0.05, 0.1) is 0 Å². The first-order valence-corrected chi connectivity index (χ1v) is 4.67. The molecule has 1 nitrogen and oxygen atoms in total. The highest BCUT2D eigenvalue weighted by Crippen LogP contribution is 2.26. The summed E-state index contributed by atoms with van der Waals surface area (Å²) in [5, 5.41) is 0.499. The van der Waals surface area contributed by atoms with E-state index in [-0.39, 0.29) is 10.9 Å². The van der Waals surface area contributed by atoms with E-state index in [0.29, 0.717) is 17.2 Å². The van der Waals surface area contributed by atoms with Crippen LogP contribution in [0, 0.1) is 11.6 Å². The summed E-state index contributed by atoms with van der Waals surface area (Å²) >= 11 is 0. The van der Waals surface area contributed by atoms with Crippen molar-refractivity contribution >= 4 is 23.1 Å². The van der Waals surface area contributed by atoms with Crippen molar-refractivity contribution in [1.29, 1.82) is 0 Å². The highest BCUT2D eigenvalue weighted by molar-refractivity contribution is 6.01. The monoisotopic (exact) mass is 218 g/mol. The summed E-state index contributed by atoms with van der Waals surface area (Å²) in [6, 6.07) is 5.76. The molecule has 0 aliphatic rings. The Balaban J connectivity index is 3.00. The van der Waals surface area contributed by atoms with Crippen LogP contribution < -0.4 is 0 Å². The highest BCUT2D eigenvalue weighted by Gasteiger charge is 2.12. The largest absolute Gasteiger partial charge is 0.298 e. The average molecular weight is 218 g/mol. The van der Waals surface area contributed by atoms with Crippen LogP contribution in [-0.4, -0.2) is 6.29 Å². The van der Waals surface area contributed by atoms with Crippen LogP contribution in [0.15, 0.2) is 30.8 Å². The number of fused-ring (bicyclic) bond motifs is 1. The van der Waals surface area contributed by atoms with E-state index >= 15 is 0 Å². The van der Waals surface area contributed by atoms with Crippen LogP contribution in [0.1, 0.15) is 15.9 Å². The standard InChI is InChI=1S/C13H8F2O/c1-2-8-3-4-9-5-6-11(14)13(15)12(9)10(8)7-16/h2-7H,1H2.